The monoisotopic (exact) mass is 363 g/mol. The number of nitrogens with zero attached hydrogens (tertiary/aromatic N) is 3. The predicted molar refractivity (Wildman–Crippen MR) is 108 cm³/mol. The third-order valence-electron chi connectivity index (χ3n) is 4.68. The summed E-state index contributed by atoms with van der Waals surface area (Å²) in [6.07, 6.45) is 1.63. The van der Waals surface area contributed by atoms with Gasteiger partial charge in [-0.25, -0.2) is 0 Å². The number of thiocarbonyl (C=S) groups is 1. The van der Waals surface area contributed by atoms with Crippen LogP contribution in [0.4, 0.5) is 11.4 Å². The number of rotatable bonds is 4. The minimum absolute atomic E-state index is 0.0125. The summed E-state index contributed by atoms with van der Waals surface area (Å²) in [5.41, 5.74) is 4.25. The second kappa shape index (κ2) is 7.27. The van der Waals surface area contributed by atoms with Crippen LogP contribution in [-0.4, -0.2) is 17.1 Å². The third kappa shape index (κ3) is 3.09. The summed E-state index contributed by atoms with van der Waals surface area (Å²) in [6, 6.07) is 15.3. The van der Waals surface area contributed by atoms with Gasteiger partial charge in [-0.3, -0.25) is 9.69 Å². The molecule has 26 heavy (non-hydrogen) atoms. The van der Waals surface area contributed by atoms with Crippen LogP contribution in [-0.2, 0) is 4.79 Å². The van der Waals surface area contributed by atoms with E-state index in [1.807, 2.05) is 49.1 Å². The van der Waals surface area contributed by atoms with Crippen LogP contribution in [0.15, 0.2) is 42.5 Å². The van der Waals surface area contributed by atoms with Gasteiger partial charge in [0.1, 0.15) is 6.04 Å². The second-order valence-electron chi connectivity index (χ2n) is 6.58. The van der Waals surface area contributed by atoms with Crippen LogP contribution in [0.1, 0.15) is 36.5 Å². The lowest BCUT2D eigenvalue weighted by Crippen LogP contribution is -2.35. The molecule has 132 valence electrons. The second-order valence-corrected chi connectivity index (χ2v) is 6.94. The minimum atomic E-state index is -0.300. The molecule has 1 aliphatic heterocycles. The Bertz CT molecular complexity index is 898. The average Bonchev–Trinajstić information content (AvgIpc) is 2.86. The standard InChI is InChI=1S/C21H21N3OS/c1-4-5-19-20(25)24(18-11-8-16(13-22)15(3)12-18)21(26)23(19)17-9-6-14(2)7-10-17/h6-12,19H,4-5H2,1-3H3. The van der Waals surface area contributed by atoms with Crippen molar-refractivity contribution in [3.8, 4) is 6.07 Å². The van der Waals surface area contributed by atoms with Crippen molar-refractivity contribution in [1.29, 1.82) is 5.26 Å². The van der Waals surface area contributed by atoms with Crippen molar-refractivity contribution < 1.29 is 4.79 Å². The van der Waals surface area contributed by atoms with E-state index in [1.165, 1.54) is 0 Å². The van der Waals surface area contributed by atoms with Gasteiger partial charge in [-0.05, 0) is 68.4 Å². The van der Waals surface area contributed by atoms with E-state index in [0.717, 1.165) is 29.7 Å². The predicted octanol–water partition coefficient (Wildman–Crippen LogP) is 4.48. The lowest BCUT2D eigenvalue weighted by Gasteiger charge is -2.24. The van der Waals surface area contributed by atoms with E-state index in [-0.39, 0.29) is 11.9 Å². The van der Waals surface area contributed by atoms with Gasteiger partial charge in [0.25, 0.3) is 5.91 Å². The van der Waals surface area contributed by atoms with Crippen molar-refractivity contribution in [3.05, 3.63) is 59.2 Å². The van der Waals surface area contributed by atoms with Crippen molar-refractivity contribution in [2.45, 2.75) is 39.7 Å². The van der Waals surface area contributed by atoms with Gasteiger partial charge in [0.15, 0.2) is 5.11 Å². The molecule has 1 amide bonds. The Hall–Kier alpha value is -2.71. The van der Waals surface area contributed by atoms with E-state index in [2.05, 4.69) is 13.0 Å². The van der Waals surface area contributed by atoms with Crippen LogP contribution in [0.2, 0.25) is 0 Å². The highest BCUT2D eigenvalue weighted by molar-refractivity contribution is 7.81. The highest BCUT2D eigenvalue weighted by Gasteiger charge is 2.43. The van der Waals surface area contributed by atoms with E-state index >= 15 is 0 Å². The van der Waals surface area contributed by atoms with Crippen molar-refractivity contribution in [2.24, 2.45) is 0 Å². The fourth-order valence-electron chi connectivity index (χ4n) is 3.27. The molecule has 0 spiro atoms. The summed E-state index contributed by atoms with van der Waals surface area (Å²) < 4.78 is 0. The molecule has 0 radical (unpaired) electrons. The van der Waals surface area contributed by atoms with Crippen LogP contribution < -0.4 is 9.80 Å². The summed E-state index contributed by atoms with van der Waals surface area (Å²) in [6.45, 7) is 5.97. The molecule has 1 fully saturated rings. The molecule has 2 aromatic carbocycles. The molecule has 3 rings (SSSR count). The SMILES string of the molecule is CCCC1C(=O)N(c2ccc(C#N)c(C)c2)C(=S)N1c1ccc(C)cc1. The van der Waals surface area contributed by atoms with Crippen LogP contribution in [0.5, 0.6) is 0 Å². The Labute approximate surface area is 159 Å². The Morgan fingerprint density at radius 3 is 2.35 bits per heavy atom. The zero-order valence-corrected chi connectivity index (χ0v) is 16.0. The number of carbonyl (C=O) groups excluding carboxylic acids is 1. The Balaban J connectivity index is 2.04. The fourth-order valence-corrected chi connectivity index (χ4v) is 3.69. The molecule has 5 heteroatoms. The maximum absolute atomic E-state index is 13.2. The molecule has 2 aromatic rings. The van der Waals surface area contributed by atoms with Crippen molar-refractivity contribution >= 4 is 34.6 Å². The maximum atomic E-state index is 13.2. The lowest BCUT2D eigenvalue weighted by atomic mass is 10.1. The normalized spacial score (nSPS) is 16.9. The van der Waals surface area contributed by atoms with Gasteiger partial charge in [0.2, 0.25) is 0 Å². The minimum Gasteiger partial charge on any atom is -0.306 e. The highest BCUT2D eigenvalue weighted by atomic mass is 32.1. The summed E-state index contributed by atoms with van der Waals surface area (Å²) in [5, 5.41) is 9.63. The topological polar surface area (TPSA) is 47.3 Å². The van der Waals surface area contributed by atoms with Gasteiger partial charge in [-0.15, -0.1) is 0 Å². The molecular formula is C21H21N3OS. The van der Waals surface area contributed by atoms with E-state index < -0.39 is 0 Å². The van der Waals surface area contributed by atoms with Gasteiger partial charge in [-0.2, -0.15) is 5.26 Å². The first-order chi connectivity index (χ1) is 12.5. The smallest absolute Gasteiger partial charge is 0.256 e. The summed E-state index contributed by atoms with van der Waals surface area (Å²) >= 11 is 5.70. The quantitative estimate of drug-likeness (QED) is 0.751. The Morgan fingerprint density at radius 2 is 1.77 bits per heavy atom. The van der Waals surface area contributed by atoms with E-state index in [9.17, 15) is 4.79 Å². The number of amides is 1. The lowest BCUT2D eigenvalue weighted by molar-refractivity contribution is -0.118. The molecule has 4 nitrogen and oxygen atoms in total. The summed E-state index contributed by atoms with van der Waals surface area (Å²) in [4.78, 5) is 16.7. The van der Waals surface area contributed by atoms with Crippen molar-refractivity contribution in [2.75, 3.05) is 9.80 Å². The number of benzene rings is 2. The van der Waals surface area contributed by atoms with E-state index in [1.54, 1.807) is 17.0 Å². The third-order valence-corrected chi connectivity index (χ3v) is 5.06. The molecule has 0 bridgehead atoms. The summed E-state index contributed by atoms with van der Waals surface area (Å²) in [5.74, 6) is -0.0125. The van der Waals surface area contributed by atoms with Crippen molar-refractivity contribution in [3.63, 3.8) is 0 Å². The number of nitriles is 1. The molecule has 0 aromatic heterocycles. The first-order valence-corrected chi connectivity index (χ1v) is 9.13. The number of carbonyl (C=O) groups is 1. The Kier molecular flexibility index (Phi) is 5.06. The Morgan fingerprint density at radius 1 is 1.12 bits per heavy atom. The molecule has 1 heterocycles. The molecule has 1 saturated heterocycles. The largest absolute Gasteiger partial charge is 0.306 e. The number of hydrogen-bond donors (Lipinski definition) is 0. The highest BCUT2D eigenvalue weighted by Crippen LogP contribution is 2.32. The molecular weight excluding hydrogens is 342 g/mol. The van der Waals surface area contributed by atoms with Gasteiger partial charge in [0, 0.05) is 5.69 Å². The van der Waals surface area contributed by atoms with E-state index in [4.69, 9.17) is 17.5 Å². The van der Waals surface area contributed by atoms with Gasteiger partial charge >= 0.3 is 0 Å². The molecule has 1 aliphatic rings. The first kappa shape index (κ1) is 18.1. The number of aryl methyl sites for hydroxylation is 2. The van der Waals surface area contributed by atoms with Gasteiger partial charge in [0.05, 0.1) is 17.3 Å². The first-order valence-electron chi connectivity index (χ1n) is 8.72. The molecule has 1 unspecified atom stereocenters. The van der Waals surface area contributed by atoms with Crippen LogP contribution >= 0.6 is 12.2 Å². The summed E-state index contributed by atoms with van der Waals surface area (Å²) in [7, 11) is 0. The average molecular weight is 363 g/mol. The van der Waals surface area contributed by atoms with Crippen LogP contribution in [0.3, 0.4) is 0 Å². The molecule has 0 N–H and O–H groups in total. The molecule has 0 saturated carbocycles. The molecule has 0 aliphatic carbocycles. The zero-order chi connectivity index (χ0) is 18.8. The van der Waals surface area contributed by atoms with Gasteiger partial charge in [-0.1, -0.05) is 31.0 Å². The number of anilines is 2. The van der Waals surface area contributed by atoms with Crippen LogP contribution in [0.25, 0.3) is 0 Å². The van der Waals surface area contributed by atoms with Gasteiger partial charge < -0.3 is 4.90 Å². The fraction of sp³-hybridized carbons (Fsp3) is 0.286. The van der Waals surface area contributed by atoms with E-state index in [0.29, 0.717) is 16.4 Å². The van der Waals surface area contributed by atoms with Crippen molar-refractivity contribution in [1.82, 2.24) is 0 Å². The maximum Gasteiger partial charge on any atom is 0.256 e. The zero-order valence-electron chi connectivity index (χ0n) is 15.2. The number of hydrogen-bond acceptors (Lipinski definition) is 3. The van der Waals surface area contributed by atoms with Crippen LogP contribution in [0, 0.1) is 25.2 Å². The molecule has 1 atom stereocenters.